The minimum atomic E-state index is -0.550. The zero-order valence-corrected chi connectivity index (χ0v) is 18.4. The molecule has 0 bridgehead atoms. The predicted molar refractivity (Wildman–Crippen MR) is 123 cm³/mol. The van der Waals surface area contributed by atoms with Crippen molar-refractivity contribution in [3.63, 3.8) is 0 Å². The van der Waals surface area contributed by atoms with Gasteiger partial charge in [0.25, 0.3) is 5.91 Å². The zero-order valence-electron chi connectivity index (χ0n) is 17.7. The van der Waals surface area contributed by atoms with Crippen molar-refractivity contribution < 1.29 is 9.90 Å². The molecule has 3 aromatic heterocycles. The number of hydrogen-bond acceptors (Lipinski definition) is 3. The Balaban J connectivity index is 1.63. The molecule has 4 N–H and O–H groups in total. The van der Waals surface area contributed by atoms with Gasteiger partial charge in [-0.3, -0.25) is 4.79 Å². The van der Waals surface area contributed by atoms with Gasteiger partial charge in [0, 0.05) is 39.6 Å². The summed E-state index contributed by atoms with van der Waals surface area (Å²) in [5, 5.41) is 14.2. The summed E-state index contributed by atoms with van der Waals surface area (Å²) in [6.45, 7) is 6.04. The van der Waals surface area contributed by atoms with E-state index in [0.717, 1.165) is 39.0 Å². The van der Waals surface area contributed by atoms with E-state index in [4.69, 9.17) is 11.6 Å². The summed E-state index contributed by atoms with van der Waals surface area (Å²) >= 11 is 6.04. The predicted octanol–water partition coefficient (Wildman–Crippen LogP) is 5.11. The van der Waals surface area contributed by atoms with Crippen LogP contribution >= 0.6 is 11.6 Å². The monoisotopic (exact) mass is 436 g/mol. The number of benzene rings is 1. The number of carbonyl (C=O) groups excluding carboxylic acids is 1. The molecular formula is C24H25ClN4O2. The van der Waals surface area contributed by atoms with E-state index in [1.807, 2.05) is 31.5 Å². The number of nitrogens with zero attached hydrogens (tertiary/aromatic N) is 1. The maximum absolute atomic E-state index is 12.8. The Morgan fingerprint density at radius 1 is 1.23 bits per heavy atom. The zero-order chi connectivity index (χ0) is 22.1. The van der Waals surface area contributed by atoms with Crippen molar-refractivity contribution in [2.45, 2.75) is 32.7 Å². The molecule has 31 heavy (non-hydrogen) atoms. The van der Waals surface area contributed by atoms with Gasteiger partial charge in [-0.15, -0.1) is 0 Å². The first kappa shape index (κ1) is 21.2. The molecule has 0 saturated heterocycles. The summed E-state index contributed by atoms with van der Waals surface area (Å²) in [5.41, 5.74) is 6.06. The summed E-state index contributed by atoms with van der Waals surface area (Å²) in [6.07, 6.45) is 3.72. The second kappa shape index (κ2) is 8.57. The number of aryl methyl sites for hydroxylation is 1. The van der Waals surface area contributed by atoms with Gasteiger partial charge in [0.2, 0.25) is 0 Å². The van der Waals surface area contributed by atoms with Crippen molar-refractivity contribution in [2.75, 3.05) is 6.61 Å². The molecule has 1 amide bonds. The third kappa shape index (κ3) is 4.22. The topological polar surface area (TPSA) is 93.8 Å². The van der Waals surface area contributed by atoms with Crippen molar-refractivity contribution in [3.05, 3.63) is 76.3 Å². The fraction of sp³-hybridized carbons (Fsp3) is 0.250. The lowest BCUT2D eigenvalue weighted by Gasteiger charge is -2.16. The van der Waals surface area contributed by atoms with Crippen LogP contribution in [0.1, 0.15) is 53.1 Å². The van der Waals surface area contributed by atoms with Gasteiger partial charge < -0.3 is 20.4 Å². The number of fused-ring (bicyclic) bond motifs is 1. The Morgan fingerprint density at radius 3 is 2.74 bits per heavy atom. The first-order valence-electron chi connectivity index (χ1n) is 10.2. The third-order valence-corrected chi connectivity index (χ3v) is 5.72. The van der Waals surface area contributed by atoms with E-state index in [1.165, 1.54) is 0 Å². The van der Waals surface area contributed by atoms with Gasteiger partial charge in [-0.1, -0.05) is 37.6 Å². The first-order chi connectivity index (χ1) is 14.9. The van der Waals surface area contributed by atoms with E-state index in [-0.39, 0.29) is 12.5 Å². The van der Waals surface area contributed by atoms with Gasteiger partial charge in [0.15, 0.2) is 0 Å². The first-order valence-corrected chi connectivity index (χ1v) is 10.6. The van der Waals surface area contributed by atoms with Crippen LogP contribution in [0.4, 0.5) is 0 Å². The molecule has 0 aliphatic carbocycles. The molecule has 160 valence electrons. The number of aliphatic hydroxyl groups excluding tert-OH is 1. The van der Waals surface area contributed by atoms with Crippen molar-refractivity contribution in [3.8, 4) is 11.1 Å². The minimum absolute atomic E-state index is 0.231. The van der Waals surface area contributed by atoms with E-state index >= 15 is 0 Å². The average molecular weight is 437 g/mol. The Morgan fingerprint density at radius 2 is 2.03 bits per heavy atom. The normalized spacial score (nSPS) is 12.5. The lowest BCUT2D eigenvalue weighted by atomic mass is 10.0. The van der Waals surface area contributed by atoms with Crippen molar-refractivity contribution in [1.82, 2.24) is 20.3 Å². The molecule has 4 aromatic rings. The lowest BCUT2D eigenvalue weighted by Crippen LogP contribution is -2.31. The van der Waals surface area contributed by atoms with Crippen LogP contribution in [0.25, 0.3) is 22.2 Å². The molecule has 1 aromatic carbocycles. The van der Waals surface area contributed by atoms with Gasteiger partial charge in [-0.05, 0) is 48.2 Å². The van der Waals surface area contributed by atoms with Crippen LogP contribution in [0.5, 0.6) is 0 Å². The minimum Gasteiger partial charge on any atom is -0.394 e. The molecule has 0 saturated carbocycles. The molecule has 0 spiro atoms. The highest BCUT2D eigenvalue weighted by molar-refractivity contribution is 6.30. The smallest absolute Gasteiger partial charge is 0.268 e. The Hall–Kier alpha value is -3.09. The van der Waals surface area contributed by atoms with Crippen LogP contribution in [0, 0.1) is 6.92 Å². The van der Waals surface area contributed by atoms with E-state index in [1.54, 1.807) is 18.2 Å². The molecule has 0 fully saturated rings. The highest BCUT2D eigenvalue weighted by atomic mass is 35.5. The van der Waals surface area contributed by atoms with Crippen LogP contribution in [-0.2, 0) is 0 Å². The highest BCUT2D eigenvalue weighted by Gasteiger charge is 2.19. The molecule has 3 heterocycles. The van der Waals surface area contributed by atoms with Gasteiger partial charge in [-0.2, -0.15) is 0 Å². The number of rotatable bonds is 6. The van der Waals surface area contributed by atoms with Crippen molar-refractivity contribution in [1.29, 1.82) is 0 Å². The van der Waals surface area contributed by atoms with Gasteiger partial charge in [0.1, 0.15) is 11.3 Å². The fourth-order valence-corrected chi connectivity index (χ4v) is 3.96. The average Bonchev–Trinajstić information content (AvgIpc) is 3.34. The molecule has 6 nitrogen and oxygen atoms in total. The number of H-pyrrole nitrogens is 2. The van der Waals surface area contributed by atoms with Crippen LogP contribution in [0.2, 0.25) is 5.02 Å². The maximum Gasteiger partial charge on any atom is 0.268 e. The maximum atomic E-state index is 12.8. The third-order valence-electron chi connectivity index (χ3n) is 5.48. The summed E-state index contributed by atoms with van der Waals surface area (Å²) in [6, 6.07) is 10.5. The molecule has 0 aliphatic heterocycles. The molecule has 0 radical (unpaired) electrons. The number of halogens is 1. The van der Waals surface area contributed by atoms with Crippen LogP contribution in [0.15, 0.2) is 48.8 Å². The van der Waals surface area contributed by atoms with Crippen LogP contribution < -0.4 is 5.32 Å². The number of pyridine rings is 1. The number of nitrogens with one attached hydrogen (secondary N) is 3. The summed E-state index contributed by atoms with van der Waals surface area (Å²) < 4.78 is 0. The van der Waals surface area contributed by atoms with Gasteiger partial charge in [0.05, 0.1) is 12.6 Å². The summed E-state index contributed by atoms with van der Waals surface area (Å²) in [7, 11) is 0. The van der Waals surface area contributed by atoms with E-state index in [2.05, 4.69) is 40.2 Å². The Bertz CT molecular complexity index is 1240. The quantitative estimate of drug-likeness (QED) is 0.338. The van der Waals surface area contributed by atoms with E-state index < -0.39 is 6.04 Å². The second-order valence-corrected chi connectivity index (χ2v) is 8.45. The SMILES string of the molecule is Cc1[nH]c2ncc(C(C)C)cc2c1-c1c[nH]c(C(=O)NC(CO)c2cccc(Cl)c2)c1. The number of aromatic nitrogens is 3. The number of aromatic amines is 2. The highest BCUT2D eigenvalue weighted by Crippen LogP contribution is 2.33. The Kier molecular flexibility index (Phi) is 5.85. The second-order valence-electron chi connectivity index (χ2n) is 8.01. The number of amides is 1. The number of carbonyl (C=O) groups is 1. The van der Waals surface area contributed by atoms with Crippen LogP contribution in [0.3, 0.4) is 0 Å². The number of hydrogen-bond donors (Lipinski definition) is 4. The molecule has 0 aliphatic rings. The summed E-state index contributed by atoms with van der Waals surface area (Å²) in [5.74, 6) is 0.0678. The molecule has 4 rings (SSSR count). The Labute approximate surface area is 185 Å². The van der Waals surface area contributed by atoms with E-state index in [9.17, 15) is 9.90 Å². The largest absolute Gasteiger partial charge is 0.394 e. The fourth-order valence-electron chi connectivity index (χ4n) is 3.76. The van der Waals surface area contributed by atoms with Crippen molar-refractivity contribution >= 4 is 28.5 Å². The van der Waals surface area contributed by atoms with E-state index in [0.29, 0.717) is 16.6 Å². The number of aliphatic hydroxyl groups is 1. The lowest BCUT2D eigenvalue weighted by molar-refractivity contribution is 0.0911. The van der Waals surface area contributed by atoms with Crippen molar-refractivity contribution in [2.24, 2.45) is 0 Å². The molecule has 1 atom stereocenters. The molecule has 7 heteroatoms. The van der Waals surface area contributed by atoms with Gasteiger partial charge in [-0.25, -0.2) is 4.98 Å². The molecular weight excluding hydrogens is 412 g/mol. The van der Waals surface area contributed by atoms with Gasteiger partial charge >= 0.3 is 0 Å². The summed E-state index contributed by atoms with van der Waals surface area (Å²) in [4.78, 5) is 23.8. The molecule has 1 unspecified atom stereocenters. The standard InChI is InChI=1S/C24H25ClN4O2/c1-13(2)16-8-19-22(14(3)28-23(19)27-10-16)17-9-20(26-11-17)24(31)29-21(12-30)15-5-4-6-18(25)7-15/h4-11,13,21,26,30H,12H2,1-3H3,(H,27,28)(H,29,31). The van der Waals surface area contributed by atoms with Crippen LogP contribution in [-0.4, -0.2) is 32.6 Å².